The summed E-state index contributed by atoms with van der Waals surface area (Å²) in [5.74, 6) is 1.99. The Hall–Kier alpha value is -6.30. The van der Waals surface area contributed by atoms with Gasteiger partial charge in [-0.05, 0) is 99.1 Å². The zero-order chi connectivity index (χ0) is 41.1. The van der Waals surface area contributed by atoms with Gasteiger partial charge in [-0.25, -0.2) is 15.0 Å². The Kier molecular flexibility index (Phi) is 11.1. The SMILES string of the molecule is CCCCCCc1cc2c3cc(-c4nc(-c5ccccc5)nc(-c5ccc(-c6ccncc6)cc5)n4)ccc3c3c(ccc4c5ccccc5sc43)c2cc1CCCCCC. The van der Waals surface area contributed by atoms with E-state index in [1.54, 1.807) is 0 Å². The first kappa shape index (κ1) is 38.9. The lowest BCUT2D eigenvalue weighted by molar-refractivity contribution is 0.651. The van der Waals surface area contributed by atoms with Crippen molar-refractivity contribution in [2.45, 2.75) is 78.1 Å². The van der Waals surface area contributed by atoms with Gasteiger partial charge in [0.25, 0.3) is 0 Å². The minimum atomic E-state index is 0.655. The number of rotatable bonds is 14. The molecule has 0 unspecified atom stereocenters. The first-order valence-electron chi connectivity index (χ1n) is 22.2. The quantitative estimate of drug-likeness (QED) is 0.0811. The number of aryl methyl sites for hydroxylation is 2. The van der Waals surface area contributed by atoms with E-state index < -0.39 is 0 Å². The molecule has 0 spiro atoms. The molecule has 0 aliphatic rings. The molecule has 0 aliphatic carbocycles. The predicted molar refractivity (Wildman–Crippen MR) is 260 cm³/mol. The van der Waals surface area contributed by atoms with E-state index in [1.165, 1.54) is 115 Å². The Bertz CT molecular complexity index is 3150. The number of unbranched alkanes of at least 4 members (excludes halogenated alkanes) is 6. The van der Waals surface area contributed by atoms with Crippen molar-refractivity contribution in [1.29, 1.82) is 0 Å². The molecule has 300 valence electrons. The monoisotopic (exact) mass is 810 g/mol. The van der Waals surface area contributed by atoms with E-state index in [0.717, 1.165) is 40.7 Å². The lowest BCUT2D eigenvalue weighted by Crippen LogP contribution is -2.00. The molecule has 7 aromatic carbocycles. The molecule has 61 heavy (non-hydrogen) atoms. The zero-order valence-electron chi connectivity index (χ0n) is 35.1. The summed E-state index contributed by atoms with van der Waals surface area (Å²) in [6.07, 6.45) is 16.0. The number of nitrogens with zero attached hydrogens (tertiary/aromatic N) is 4. The Labute approximate surface area is 362 Å². The molecule has 10 aromatic rings. The smallest absolute Gasteiger partial charge is 0.164 e. The molecule has 10 rings (SSSR count). The fraction of sp³-hybridized carbons (Fsp3) is 0.214. The second-order valence-electron chi connectivity index (χ2n) is 16.5. The van der Waals surface area contributed by atoms with Crippen LogP contribution < -0.4 is 0 Å². The van der Waals surface area contributed by atoms with E-state index in [9.17, 15) is 0 Å². The molecule has 0 saturated heterocycles. The molecule has 0 radical (unpaired) electrons. The standard InChI is InChI=1S/C56H50N4S/c1-3-5-7-10-18-41-34-48-46-28-29-47-44-20-14-15-21-51(44)61-53(47)52(46)45-27-26-43(36-49(45)50(48)35-42(41)19-11-8-6-4-2)56-59-54(39-16-12-9-13-17-39)58-55(60-56)40-24-22-37(23-25-40)38-30-32-57-33-31-38/h9,12-17,20-36H,3-8,10-11,18-19H2,1-2H3. The van der Waals surface area contributed by atoms with E-state index >= 15 is 0 Å². The molecular formula is C56H50N4S. The van der Waals surface area contributed by atoms with Crippen LogP contribution in [0.15, 0.2) is 146 Å². The molecule has 3 aromatic heterocycles. The second kappa shape index (κ2) is 17.4. The fourth-order valence-electron chi connectivity index (χ4n) is 9.20. The minimum absolute atomic E-state index is 0.655. The van der Waals surface area contributed by atoms with Crippen LogP contribution in [0.3, 0.4) is 0 Å². The van der Waals surface area contributed by atoms with Gasteiger partial charge in [0.05, 0.1) is 0 Å². The Balaban J connectivity index is 1.20. The third-order valence-electron chi connectivity index (χ3n) is 12.4. The van der Waals surface area contributed by atoms with Crippen LogP contribution in [0.2, 0.25) is 0 Å². The number of aromatic nitrogens is 4. The molecule has 3 heterocycles. The van der Waals surface area contributed by atoms with Crippen LogP contribution in [0.1, 0.15) is 76.3 Å². The average Bonchev–Trinajstić information content (AvgIpc) is 3.71. The molecule has 0 fully saturated rings. The van der Waals surface area contributed by atoms with Gasteiger partial charge in [-0.15, -0.1) is 11.3 Å². The summed E-state index contributed by atoms with van der Waals surface area (Å²) < 4.78 is 2.68. The lowest BCUT2D eigenvalue weighted by atomic mass is 9.87. The molecule has 4 nitrogen and oxygen atoms in total. The summed E-state index contributed by atoms with van der Waals surface area (Å²) >= 11 is 1.92. The predicted octanol–water partition coefficient (Wildman–Crippen LogP) is 16.0. The van der Waals surface area contributed by atoms with Crippen LogP contribution in [-0.4, -0.2) is 19.9 Å². The number of benzene rings is 7. The van der Waals surface area contributed by atoms with Gasteiger partial charge in [-0.3, -0.25) is 4.98 Å². The van der Waals surface area contributed by atoms with Gasteiger partial charge in [0.15, 0.2) is 17.5 Å². The highest BCUT2D eigenvalue weighted by molar-refractivity contribution is 7.26. The zero-order valence-corrected chi connectivity index (χ0v) is 35.9. The summed E-state index contributed by atoms with van der Waals surface area (Å²) in [5, 5.41) is 10.5. The van der Waals surface area contributed by atoms with Gasteiger partial charge < -0.3 is 0 Å². The van der Waals surface area contributed by atoms with Crippen molar-refractivity contribution in [2.24, 2.45) is 0 Å². The maximum Gasteiger partial charge on any atom is 0.164 e. The first-order valence-corrected chi connectivity index (χ1v) is 23.1. The number of hydrogen-bond donors (Lipinski definition) is 0. The maximum absolute atomic E-state index is 5.24. The Morgan fingerprint density at radius 1 is 0.393 bits per heavy atom. The normalized spacial score (nSPS) is 11.8. The van der Waals surface area contributed by atoms with Gasteiger partial charge in [0, 0.05) is 54.6 Å². The van der Waals surface area contributed by atoms with E-state index in [2.05, 4.69) is 122 Å². The van der Waals surface area contributed by atoms with Crippen molar-refractivity contribution in [2.75, 3.05) is 0 Å². The summed E-state index contributed by atoms with van der Waals surface area (Å²) in [5.41, 5.74) is 8.18. The first-order chi connectivity index (χ1) is 30.2. The molecule has 0 bridgehead atoms. The van der Waals surface area contributed by atoms with Crippen LogP contribution in [0, 0.1) is 0 Å². The topological polar surface area (TPSA) is 51.6 Å². The van der Waals surface area contributed by atoms with Crippen molar-refractivity contribution in [3.05, 3.63) is 157 Å². The van der Waals surface area contributed by atoms with Crippen LogP contribution in [0.25, 0.3) is 97.8 Å². The van der Waals surface area contributed by atoms with E-state index in [4.69, 9.17) is 15.0 Å². The summed E-state index contributed by atoms with van der Waals surface area (Å²) in [6.45, 7) is 4.60. The van der Waals surface area contributed by atoms with Gasteiger partial charge in [-0.2, -0.15) is 0 Å². The number of thiophene rings is 1. The highest BCUT2D eigenvalue weighted by atomic mass is 32.1. The molecular weight excluding hydrogens is 761 g/mol. The van der Waals surface area contributed by atoms with E-state index in [0.29, 0.717) is 17.5 Å². The Morgan fingerprint density at radius 3 is 1.57 bits per heavy atom. The van der Waals surface area contributed by atoms with Gasteiger partial charge >= 0.3 is 0 Å². The van der Waals surface area contributed by atoms with Crippen molar-refractivity contribution in [3.63, 3.8) is 0 Å². The van der Waals surface area contributed by atoms with Gasteiger partial charge in [0.2, 0.25) is 0 Å². The summed E-state index contributed by atoms with van der Waals surface area (Å²) in [6, 6.07) is 48.6. The third-order valence-corrected chi connectivity index (χ3v) is 13.6. The summed E-state index contributed by atoms with van der Waals surface area (Å²) in [4.78, 5) is 19.7. The molecule has 0 amide bonds. The highest BCUT2D eigenvalue weighted by Crippen LogP contribution is 2.46. The van der Waals surface area contributed by atoms with Crippen LogP contribution in [-0.2, 0) is 12.8 Å². The van der Waals surface area contributed by atoms with Gasteiger partial charge in [-0.1, -0.05) is 162 Å². The molecule has 5 heteroatoms. The minimum Gasteiger partial charge on any atom is -0.265 e. The van der Waals surface area contributed by atoms with E-state index in [-0.39, 0.29) is 0 Å². The van der Waals surface area contributed by atoms with Crippen molar-refractivity contribution in [3.8, 4) is 45.3 Å². The number of pyridine rings is 1. The molecule has 0 atom stereocenters. The highest BCUT2D eigenvalue weighted by Gasteiger charge is 2.19. The van der Waals surface area contributed by atoms with Crippen molar-refractivity contribution >= 4 is 63.8 Å². The summed E-state index contributed by atoms with van der Waals surface area (Å²) in [7, 11) is 0. The third kappa shape index (κ3) is 7.68. The fourth-order valence-corrected chi connectivity index (χ4v) is 10.5. The molecule has 0 N–H and O–H groups in total. The molecule has 0 aliphatic heterocycles. The number of fused-ring (bicyclic) bond motifs is 10. The van der Waals surface area contributed by atoms with Crippen molar-refractivity contribution in [1.82, 2.24) is 19.9 Å². The van der Waals surface area contributed by atoms with Gasteiger partial charge in [0.1, 0.15) is 0 Å². The maximum atomic E-state index is 5.24. The molecule has 0 saturated carbocycles. The largest absolute Gasteiger partial charge is 0.265 e. The van der Waals surface area contributed by atoms with Crippen LogP contribution in [0.4, 0.5) is 0 Å². The lowest BCUT2D eigenvalue weighted by Gasteiger charge is -2.17. The van der Waals surface area contributed by atoms with Crippen LogP contribution >= 0.6 is 11.3 Å². The average molecular weight is 811 g/mol. The second-order valence-corrected chi connectivity index (χ2v) is 17.5. The Morgan fingerprint density at radius 2 is 0.902 bits per heavy atom. The number of hydrogen-bond acceptors (Lipinski definition) is 5. The van der Waals surface area contributed by atoms with E-state index in [1.807, 2.05) is 54.1 Å². The van der Waals surface area contributed by atoms with Crippen molar-refractivity contribution < 1.29 is 0 Å². The van der Waals surface area contributed by atoms with Crippen LogP contribution in [0.5, 0.6) is 0 Å².